The predicted octanol–water partition coefficient (Wildman–Crippen LogP) is 21.8. The molecule has 0 rings (SSSR count). The zero-order chi connectivity index (χ0) is 52.2. The number of ether oxygens (including phenoxy) is 3. The average Bonchev–Trinajstić information content (AvgIpc) is 3.38. The van der Waals surface area contributed by atoms with Crippen LogP contribution in [0.15, 0.2) is 24.3 Å². The first-order valence-electron chi connectivity index (χ1n) is 32.3. The van der Waals surface area contributed by atoms with Crippen molar-refractivity contribution in [2.45, 2.75) is 367 Å². The topological polar surface area (TPSA) is 78.9 Å². The summed E-state index contributed by atoms with van der Waals surface area (Å²) >= 11 is 0. The Kier molecular flexibility index (Phi) is 59.6. The lowest BCUT2D eigenvalue weighted by Gasteiger charge is -2.18. The molecule has 0 aromatic heterocycles. The molecule has 0 fully saturated rings. The van der Waals surface area contributed by atoms with Gasteiger partial charge in [-0.25, -0.2) is 0 Å². The standard InChI is InChI=1S/C66H124O6/c1-4-7-10-13-16-19-22-25-28-30-32-33-34-36-38-41-44-47-50-53-56-59-65(68)71-62-63(61-70-64(67)58-55-52-49-46-43-40-37-27-24-21-18-15-12-9-6-3)72-66(69)60-57-54-51-48-45-42-39-35-31-29-26-23-20-17-14-11-8-5-2/h29-32,63H,4-28,33-62H2,1-3H3/b31-29-,32-30-. The summed E-state index contributed by atoms with van der Waals surface area (Å²) in [6, 6.07) is 0. The van der Waals surface area contributed by atoms with Crippen LogP contribution in [0.1, 0.15) is 361 Å². The van der Waals surface area contributed by atoms with E-state index in [9.17, 15) is 14.4 Å². The minimum Gasteiger partial charge on any atom is -0.462 e. The van der Waals surface area contributed by atoms with Crippen molar-refractivity contribution in [1.29, 1.82) is 0 Å². The highest BCUT2D eigenvalue weighted by atomic mass is 16.6. The first kappa shape index (κ1) is 69.9. The summed E-state index contributed by atoms with van der Waals surface area (Å²) < 4.78 is 17.0. The van der Waals surface area contributed by atoms with E-state index >= 15 is 0 Å². The third kappa shape index (κ3) is 58.8. The highest BCUT2D eigenvalue weighted by Crippen LogP contribution is 2.17. The normalized spacial score (nSPS) is 12.1. The molecule has 0 aliphatic heterocycles. The predicted molar refractivity (Wildman–Crippen MR) is 312 cm³/mol. The van der Waals surface area contributed by atoms with E-state index < -0.39 is 6.10 Å². The van der Waals surface area contributed by atoms with Crippen LogP contribution >= 0.6 is 0 Å². The van der Waals surface area contributed by atoms with Crippen LogP contribution in [0.3, 0.4) is 0 Å². The first-order valence-corrected chi connectivity index (χ1v) is 32.3. The third-order valence-electron chi connectivity index (χ3n) is 14.7. The largest absolute Gasteiger partial charge is 0.462 e. The molecule has 424 valence electrons. The lowest BCUT2D eigenvalue weighted by Crippen LogP contribution is -2.30. The van der Waals surface area contributed by atoms with Gasteiger partial charge in [0.2, 0.25) is 0 Å². The number of esters is 3. The fourth-order valence-electron chi connectivity index (χ4n) is 9.79. The smallest absolute Gasteiger partial charge is 0.306 e. The van der Waals surface area contributed by atoms with Gasteiger partial charge < -0.3 is 14.2 Å². The molecule has 0 heterocycles. The second kappa shape index (κ2) is 61.4. The van der Waals surface area contributed by atoms with Crippen molar-refractivity contribution in [2.24, 2.45) is 0 Å². The molecular weight excluding hydrogens is 889 g/mol. The summed E-state index contributed by atoms with van der Waals surface area (Å²) in [5.41, 5.74) is 0. The van der Waals surface area contributed by atoms with E-state index in [-0.39, 0.29) is 31.1 Å². The fraction of sp³-hybridized carbons (Fsp3) is 0.894. The molecule has 0 spiro atoms. The summed E-state index contributed by atoms with van der Waals surface area (Å²) in [5, 5.41) is 0. The van der Waals surface area contributed by atoms with Crippen molar-refractivity contribution >= 4 is 17.9 Å². The number of unbranched alkanes of at least 4 members (excludes halogenated alkanes) is 45. The Bertz CT molecular complexity index is 1160. The van der Waals surface area contributed by atoms with Crippen LogP contribution in [0.4, 0.5) is 0 Å². The maximum absolute atomic E-state index is 12.9. The molecule has 0 N–H and O–H groups in total. The Labute approximate surface area is 449 Å². The van der Waals surface area contributed by atoms with Gasteiger partial charge in [-0.05, 0) is 70.6 Å². The van der Waals surface area contributed by atoms with Crippen molar-refractivity contribution in [1.82, 2.24) is 0 Å². The molecule has 0 saturated carbocycles. The van der Waals surface area contributed by atoms with Gasteiger partial charge in [-0.3, -0.25) is 14.4 Å². The molecule has 72 heavy (non-hydrogen) atoms. The van der Waals surface area contributed by atoms with Crippen LogP contribution < -0.4 is 0 Å². The zero-order valence-electron chi connectivity index (χ0n) is 48.7. The highest BCUT2D eigenvalue weighted by Gasteiger charge is 2.19. The highest BCUT2D eigenvalue weighted by molar-refractivity contribution is 5.71. The zero-order valence-corrected chi connectivity index (χ0v) is 48.7. The van der Waals surface area contributed by atoms with Gasteiger partial charge in [0.1, 0.15) is 13.2 Å². The number of allylic oxidation sites excluding steroid dienone is 4. The maximum atomic E-state index is 12.9. The molecule has 0 aromatic carbocycles. The Balaban J connectivity index is 4.31. The lowest BCUT2D eigenvalue weighted by molar-refractivity contribution is -0.167. The molecule has 0 aromatic rings. The maximum Gasteiger partial charge on any atom is 0.306 e. The van der Waals surface area contributed by atoms with Gasteiger partial charge in [0.15, 0.2) is 6.10 Å². The molecule has 6 nitrogen and oxygen atoms in total. The van der Waals surface area contributed by atoms with Gasteiger partial charge in [0, 0.05) is 19.3 Å². The quantitative estimate of drug-likeness (QED) is 0.0261. The van der Waals surface area contributed by atoms with E-state index in [0.717, 1.165) is 57.8 Å². The van der Waals surface area contributed by atoms with E-state index in [0.29, 0.717) is 19.3 Å². The van der Waals surface area contributed by atoms with Gasteiger partial charge in [-0.2, -0.15) is 0 Å². The van der Waals surface area contributed by atoms with Gasteiger partial charge in [-0.1, -0.05) is 295 Å². The summed E-state index contributed by atoms with van der Waals surface area (Å²) in [6.07, 6.45) is 73.2. The van der Waals surface area contributed by atoms with Crippen LogP contribution in [0.25, 0.3) is 0 Å². The molecule has 0 saturated heterocycles. The monoisotopic (exact) mass is 1010 g/mol. The molecule has 6 heteroatoms. The van der Waals surface area contributed by atoms with E-state index in [1.54, 1.807) is 0 Å². The van der Waals surface area contributed by atoms with Crippen molar-refractivity contribution < 1.29 is 28.6 Å². The molecule has 1 atom stereocenters. The number of rotatable bonds is 60. The first-order chi connectivity index (χ1) is 35.5. The summed E-state index contributed by atoms with van der Waals surface area (Å²) in [6.45, 7) is 6.70. The van der Waals surface area contributed by atoms with Crippen molar-refractivity contribution in [3.63, 3.8) is 0 Å². The van der Waals surface area contributed by atoms with Gasteiger partial charge >= 0.3 is 17.9 Å². The molecular formula is C66H124O6. The van der Waals surface area contributed by atoms with Crippen molar-refractivity contribution in [3.05, 3.63) is 24.3 Å². The summed E-state index contributed by atoms with van der Waals surface area (Å²) in [7, 11) is 0. The molecule has 0 aliphatic rings. The summed E-state index contributed by atoms with van der Waals surface area (Å²) in [5.74, 6) is -0.848. The van der Waals surface area contributed by atoms with E-state index in [4.69, 9.17) is 14.2 Å². The SMILES string of the molecule is CCCCCCCCC/C=C\CCCCCCCCCC(=O)OC(COC(=O)CCCCCCCCCCC/C=C\CCCCCCCCCC)COC(=O)CCCCCCCCCCCCCCCCC. The second-order valence-electron chi connectivity index (χ2n) is 22.0. The molecule has 0 bridgehead atoms. The molecule has 0 radical (unpaired) electrons. The number of carbonyl (C=O) groups excluding carboxylic acids is 3. The number of carbonyl (C=O) groups is 3. The number of hydrogen-bond donors (Lipinski definition) is 0. The van der Waals surface area contributed by atoms with Crippen molar-refractivity contribution in [3.8, 4) is 0 Å². The molecule has 0 aliphatic carbocycles. The Morgan fingerprint density at radius 3 is 0.694 bits per heavy atom. The third-order valence-corrected chi connectivity index (χ3v) is 14.7. The number of hydrogen-bond acceptors (Lipinski definition) is 6. The van der Waals surface area contributed by atoms with Crippen LogP contribution in [-0.4, -0.2) is 37.2 Å². The van der Waals surface area contributed by atoms with Crippen LogP contribution in [0.2, 0.25) is 0 Å². The van der Waals surface area contributed by atoms with E-state index in [2.05, 4.69) is 45.1 Å². The Hall–Kier alpha value is -2.11. The molecule has 0 amide bonds. The Morgan fingerprint density at radius 1 is 0.264 bits per heavy atom. The van der Waals surface area contributed by atoms with Crippen LogP contribution in [-0.2, 0) is 28.6 Å². The Morgan fingerprint density at radius 2 is 0.458 bits per heavy atom. The van der Waals surface area contributed by atoms with Crippen LogP contribution in [0.5, 0.6) is 0 Å². The van der Waals surface area contributed by atoms with Gasteiger partial charge in [0.05, 0.1) is 0 Å². The van der Waals surface area contributed by atoms with E-state index in [1.165, 1.54) is 263 Å². The van der Waals surface area contributed by atoms with E-state index in [1.807, 2.05) is 0 Å². The minimum absolute atomic E-state index is 0.0685. The average molecular weight is 1010 g/mol. The lowest BCUT2D eigenvalue weighted by atomic mass is 10.0. The van der Waals surface area contributed by atoms with Crippen molar-refractivity contribution in [2.75, 3.05) is 13.2 Å². The minimum atomic E-state index is -0.771. The van der Waals surface area contributed by atoms with Gasteiger partial charge in [0.25, 0.3) is 0 Å². The molecule has 1 unspecified atom stereocenters. The van der Waals surface area contributed by atoms with Crippen LogP contribution in [0, 0.1) is 0 Å². The second-order valence-corrected chi connectivity index (χ2v) is 22.0. The summed E-state index contributed by atoms with van der Waals surface area (Å²) in [4.78, 5) is 38.3. The fourth-order valence-corrected chi connectivity index (χ4v) is 9.79. The van der Waals surface area contributed by atoms with Gasteiger partial charge in [-0.15, -0.1) is 0 Å².